The summed E-state index contributed by atoms with van der Waals surface area (Å²) in [5.74, 6) is 0. The number of nitrogens with zero attached hydrogens (tertiary/aromatic N) is 1. The van der Waals surface area contributed by atoms with Crippen molar-refractivity contribution < 1.29 is 0 Å². The summed E-state index contributed by atoms with van der Waals surface area (Å²) in [6, 6.07) is 0. The zero-order valence-electron chi connectivity index (χ0n) is 5.23. The van der Waals surface area contributed by atoms with Crippen molar-refractivity contribution in [3.63, 3.8) is 0 Å². The number of alkyl halides is 1. The molecule has 48 valence electrons. The molecule has 0 N–H and O–H groups in total. The largest absolute Gasteiger partial charge is 0.294 e. The van der Waals surface area contributed by atoms with Gasteiger partial charge in [0, 0.05) is 0 Å². The van der Waals surface area contributed by atoms with Crippen molar-refractivity contribution in [2.75, 3.05) is 13.6 Å². The van der Waals surface area contributed by atoms with E-state index >= 15 is 0 Å². The van der Waals surface area contributed by atoms with Crippen molar-refractivity contribution >= 4 is 15.9 Å². The molecule has 0 aromatic heterocycles. The fraction of sp³-hybridized carbons (Fsp3) is 1.00. The molecule has 0 bridgehead atoms. The summed E-state index contributed by atoms with van der Waals surface area (Å²) in [6.45, 7) is 1.26. The van der Waals surface area contributed by atoms with Crippen molar-refractivity contribution in [2.45, 2.75) is 24.2 Å². The molecule has 0 amide bonds. The zero-order chi connectivity index (χ0) is 5.98. The number of hydrogen-bond acceptors (Lipinski definition) is 1. The molecular formula is C6H12BrN. The van der Waals surface area contributed by atoms with Crippen LogP contribution in [0, 0.1) is 0 Å². The molecule has 2 heteroatoms. The Morgan fingerprint density at radius 1 is 1.50 bits per heavy atom. The van der Waals surface area contributed by atoms with Crippen LogP contribution in [0.15, 0.2) is 0 Å². The molecule has 1 rings (SSSR count). The van der Waals surface area contributed by atoms with E-state index in [1.807, 2.05) is 0 Å². The normalized spacial score (nSPS) is 33.0. The summed E-state index contributed by atoms with van der Waals surface area (Å²) in [7, 11) is 2.17. The first-order chi connectivity index (χ1) is 3.80. The Balaban J connectivity index is 2.28. The molecule has 0 aromatic rings. The van der Waals surface area contributed by atoms with E-state index in [0.717, 1.165) is 0 Å². The van der Waals surface area contributed by atoms with Crippen LogP contribution in [0.25, 0.3) is 0 Å². The summed E-state index contributed by atoms with van der Waals surface area (Å²) < 4.78 is 0. The van der Waals surface area contributed by atoms with Gasteiger partial charge in [0.1, 0.15) is 0 Å². The predicted molar refractivity (Wildman–Crippen MR) is 39.2 cm³/mol. The third kappa shape index (κ3) is 1.46. The first-order valence-corrected chi connectivity index (χ1v) is 4.06. The molecule has 0 unspecified atom stereocenters. The van der Waals surface area contributed by atoms with Gasteiger partial charge in [-0.1, -0.05) is 15.9 Å². The topological polar surface area (TPSA) is 3.24 Å². The van der Waals surface area contributed by atoms with Crippen molar-refractivity contribution in [3.8, 4) is 0 Å². The third-order valence-electron chi connectivity index (χ3n) is 1.68. The second-order valence-corrected chi connectivity index (χ2v) is 3.47. The van der Waals surface area contributed by atoms with Gasteiger partial charge >= 0.3 is 0 Å². The molecule has 1 saturated heterocycles. The van der Waals surface area contributed by atoms with Crippen molar-refractivity contribution in [3.05, 3.63) is 0 Å². The van der Waals surface area contributed by atoms with Crippen LogP contribution in [0.3, 0.4) is 0 Å². The van der Waals surface area contributed by atoms with Gasteiger partial charge < -0.3 is 0 Å². The SMILES string of the molecule is CN1CCCC[C@@H]1Br. The molecule has 8 heavy (non-hydrogen) atoms. The van der Waals surface area contributed by atoms with Crippen LogP contribution in [0.2, 0.25) is 0 Å². The number of halogens is 1. The molecule has 0 radical (unpaired) electrons. The summed E-state index contributed by atoms with van der Waals surface area (Å²) >= 11 is 3.58. The maximum Gasteiger partial charge on any atom is 0.0653 e. The Morgan fingerprint density at radius 3 is 2.62 bits per heavy atom. The molecule has 1 heterocycles. The lowest BCUT2D eigenvalue weighted by atomic mass is 10.1. The lowest BCUT2D eigenvalue weighted by molar-refractivity contribution is 0.256. The average Bonchev–Trinajstić information content (AvgIpc) is 1.77. The van der Waals surface area contributed by atoms with Crippen LogP contribution < -0.4 is 0 Å². The Bertz CT molecular complexity index is 64.9. The van der Waals surface area contributed by atoms with Crippen LogP contribution >= 0.6 is 15.9 Å². The second-order valence-electron chi connectivity index (χ2n) is 2.41. The molecule has 0 aromatic carbocycles. The van der Waals surface area contributed by atoms with Crippen molar-refractivity contribution in [2.24, 2.45) is 0 Å². The highest BCUT2D eigenvalue weighted by atomic mass is 79.9. The smallest absolute Gasteiger partial charge is 0.0653 e. The molecule has 1 aliphatic rings. The highest BCUT2D eigenvalue weighted by Gasteiger charge is 2.14. The van der Waals surface area contributed by atoms with E-state index in [0.29, 0.717) is 4.95 Å². The molecule has 1 fully saturated rings. The lowest BCUT2D eigenvalue weighted by Gasteiger charge is -2.27. The van der Waals surface area contributed by atoms with Crippen LogP contribution in [-0.4, -0.2) is 23.4 Å². The number of rotatable bonds is 0. The highest BCUT2D eigenvalue weighted by molar-refractivity contribution is 9.09. The van der Waals surface area contributed by atoms with Crippen LogP contribution in [0.4, 0.5) is 0 Å². The van der Waals surface area contributed by atoms with Crippen molar-refractivity contribution in [1.29, 1.82) is 0 Å². The van der Waals surface area contributed by atoms with E-state index in [1.165, 1.54) is 25.8 Å². The summed E-state index contributed by atoms with van der Waals surface area (Å²) in [5.41, 5.74) is 0. The first kappa shape index (κ1) is 6.56. The third-order valence-corrected chi connectivity index (χ3v) is 2.84. The van der Waals surface area contributed by atoms with E-state index in [2.05, 4.69) is 27.9 Å². The zero-order valence-corrected chi connectivity index (χ0v) is 6.82. The fourth-order valence-corrected chi connectivity index (χ4v) is 1.56. The fourth-order valence-electron chi connectivity index (χ4n) is 1.03. The average molecular weight is 178 g/mol. The van der Waals surface area contributed by atoms with Gasteiger partial charge in [-0.05, 0) is 32.9 Å². The van der Waals surface area contributed by atoms with Crippen molar-refractivity contribution in [1.82, 2.24) is 4.90 Å². The molecule has 1 aliphatic heterocycles. The first-order valence-electron chi connectivity index (χ1n) is 3.15. The van der Waals surface area contributed by atoms with E-state index in [-0.39, 0.29) is 0 Å². The second kappa shape index (κ2) is 2.83. The minimum absolute atomic E-state index is 0.649. The molecule has 0 spiro atoms. The highest BCUT2D eigenvalue weighted by Crippen LogP contribution is 2.18. The van der Waals surface area contributed by atoms with Gasteiger partial charge in [0.05, 0.1) is 4.95 Å². The van der Waals surface area contributed by atoms with Crippen LogP contribution in [-0.2, 0) is 0 Å². The Morgan fingerprint density at radius 2 is 2.25 bits per heavy atom. The molecule has 1 atom stereocenters. The van der Waals surface area contributed by atoms with Gasteiger partial charge in [-0.15, -0.1) is 0 Å². The molecule has 0 aliphatic carbocycles. The maximum absolute atomic E-state index is 3.58. The minimum atomic E-state index is 0.649. The Hall–Kier alpha value is 0.440. The van der Waals surface area contributed by atoms with Crippen LogP contribution in [0.1, 0.15) is 19.3 Å². The summed E-state index contributed by atoms with van der Waals surface area (Å²) in [5, 5.41) is 0. The van der Waals surface area contributed by atoms with Crippen LogP contribution in [0.5, 0.6) is 0 Å². The van der Waals surface area contributed by atoms with Gasteiger partial charge in [0.2, 0.25) is 0 Å². The van der Waals surface area contributed by atoms with E-state index in [4.69, 9.17) is 0 Å². The lowest BCUT2D eigenvalue weighted by Crippen LogP contribution is -2.31. The molecule has 0 saturated carbocycles. The number of hydrogen-bond donors (Lipinski definition) is 0. The monoisotopic (exact) mass is 177 g/mol. The molecular weight excluding hydrogens is 166 g/mol. The maximum atomic E-state index is 3.58. The standard InChI is InChI=1S/C6H12BrN/c1-8-5-3-2-4-6(8)7/h6H,2-5H2,1H3/t6-/m1/s1. The van der Waals surface area contributed by atoms with Gasteiger partial charge in [-0.3, -0.25) is 4.90 Å². The summed E-state index contributed by atoms with van der Waals surface area (Å²) in [6.07, 6.45) is 4.08. The van der Waals surface area contributed by atoms with Gasteiger partial charge in [0.25, 0.3) is 0 Å². The van der Waals surface area contributed by atoms with Gasteiger partial charge in [-0.25, -0.2) is 0 Å². The van der Waals surface area contributed by atoms with E-state index in [1.54, 1.807) is 0 Å². The van der Waals surface area contributed by atoms with Gasteiger partial charge in [-0.2, -0.15) is 0 Å². The predicted octanol–water partition coefficient (Wildman–Crippen LogP) is 1.82. The molecule has 1 nitrogen and oxygen atoms in total. The number of likely N-dealkylation sites (tertiary alicyclic amines) is 1. The summed E-state index contributed by atoms with van der Waals surface area (Å²) in [4.78, 5) is 3.00. The quantitative estimate of drug-likeness (QED) is 0.404. The van der Waals surface area contributed by atoms with E-state index < -0.39 is 0 Å². The van der Waals surface area contributed by atoms with E-state index in [9.17, 15) is 0 Å². The Labute approximate surface area is 59.2 Å². The number of piperidine rings is 1. The van der Waals surface area contributed by atoms with Gasteiger partial charge in [0.15, 0.2) is 0 Å². The Kier molecular flexibility index (Phi) is 2.32. The minimum Gasteiger partial charge on any atom is -0.294 e.